The number of carbonyl (C=O) groups excluding carboxylic acids is 2. The van der Waals surface area contributed by atoms with E-state index in [0.29, 0.717) is 41.8 Å². The minimum Gasteiger partial charge on any atom is -0.392 e. The molecule has 2 atom stereocenters. The van der Waals surface area contributed by atoms with Crippen molar-refractivity contribution in [3.8, 4) is 11.1 Å². The molecule has 0 saturated heterocycles. The van der Waals surface area contributed by atoms with Crippen molar-refractivity contribution >= 4 is 27.5 Å². The maximum absolute atomic E-state index is 14.2. The number of carbonyl (C=O) groups is 2. The molecule has 3 aromatic rings. The largest absolute Gasteiger partial charge is 0.392 e. The average Bonchev–Trinajstić information content (AvgIpc) is 3.03. The van der Waals surface area contributed by atoms with Gasteiger partial charge in [0.1, 0.15) is 11.9 Å². The first-order valence-electron chi connectivity index (χ1n) is 13.8. The van der Waals surface area contributed by atoms with E-state index in [4.69, 9.17) is 5.14 Å². The molecule has 42 heavy (non-hydrogen) atoms. The SMILES string of the molecule is C[C@@H](O)CNC(C)(C)CC(=O)N[C@@H]1CCc2cc(F)ccc2N(Cc2ccc(-c3ccccc3S(N)(=O)=O)cc2)C1=O. The normalized spacial score (nSPS) is 16.5. The molecule has 3 aromatic carbocycles. The Morgan fingerprint density at radius 3 is 2.50 bits per heavy atom. The summed E-state index contributed by atoms with van der Waals surface area (Å²) < 4.78 is 38.3. The first-order valence-corrected chi connectivity index (χ1v) is 15.3. The summed E-state index contributed by atoms with van der Waals surface area (Å²) in [6.45, 7) is 5.82. The quantitative estimate of drug-likeness (QED) is 0.283. The summed E-state index contributed by atoms with van der Waals surface area (Å²) in [6, 6.07) is 17.0. The summed E-state index contributed by atoms with van der Waals surface area (Å²) in [7, 11) is -3.93. The van der Waals surface area contributed by atoms with Crippen LogP contribution >= 0.6 is 0 Å². The van der Waals surface area contributed by atoms with E-state index in [0.717, 1.165) is 5.56 Å². The summed E-state index contributed by atoms with van der Waals surface area (Å²) >= 11 is 0. The van der Waals surface area contributed by atoms with E-state index in [1.807, 2.05) is 13.8 Å². The smallest absolute Gasteiger partial charge is 0.249 e. The molecule has 0 radical (unpaired) electrons. The number of aliphatic hydroxyl groups excluding tert-OH is 1. The van der Waals surface area contributed by atoms with Gasteiger partial charge in [-0.05, 0) is 74.6 Å². The number of nitrogens with one attached hydrogen (secondary N) is 2. The van der Waals surface area contributed by atoms with E-state index in [9.17, 15) is 27.5 Å². The molecule has 11 heteroatoms. The number of fused-ring (bicyclic) bond motifs is 1. The number of nitrogens with two attached hydrogens (primary N) is 1. The van der Waals surface area contributed by atoms with Gasteiger partial charge in [0.05, 0.1) is 17.5 Å². The van der Waals surface area contributed by atoms with E-state index >= 15 is 0 Å². The zero-order valence-corrected chi connectivity index (χ0v) is 24.7. The Balaban J connectivity index is 1.57. The van der Waals surface area contributed by atoms with Crippen LogP contribution in [0.4, 0.5) is 10.1 Å². The van der Waals surface area contributed by atoms with Gasteiger partial charge in [-0.3, -0.25) is 9.59 Å². The Kier molecular flexibility index (Phi) is 9.47. The van der Waals surface area contributed by atoms with Gasteiger partial charge in [-0.25, -0.2) is 17.9 Å². The van der Waals surface area contributed by atoms with Crippen molar-refractivity contribution in [1.29, 1.82) is 0 Å². The monoisotopic (exact) mass is 596 g/mol. The van der Waals surface area contributed by atoms with Crippen LogP contribution in [0.5, 0.6) is 0 Å². The van der Waals surface area contributed by atoms with Crippen LogP contribution in [-0.2, 0) is 32.6 Å². The number of hydrogen-bond acceptors (Lipinski definition) is 6. The minimum absolute atomic E-state index is 0.0132. The average molecular weight is 597 g/mol. The summed E-state index contributed by atoms with van der Waals surface area (Å²) in [5.41, 5.74) is 2.49. The summed E-state index contributed by atoms with van der Waals surface area (Å²) in [5, 5.41) is 21.0. The Labute approximate surface area is 246 Å². The number of aliphatic hydroxyl groups is 1. The van der Waals surface area contributed by atoms with Crippen molar-refractivity contribution in [2.45, 2.75) is 69.2 Å². The predicted octanol–water partition coefficient (Wildman–Crippen LogP) is 3.24. The van der Waals surface area contributed by atoms with Crippen molar-refractivity contribution in [1.82, 2.24) is 10.6 Å². The molecule has 4 rings (SSSR count). The van der Waals surface area contributed by atoms with Crippen LogP contribution in [0.3, 0.4) is 0 Å². The van der Waals surface area contributed by atoms with E-state index in [-0.39, 0.29) is 29.7 Å². The lowest BCUT2D eigenvalue weighted by Crippen LogP contribution is -2.51. The van der Waals surface area contributed by atoms with Gasteiger partial charge in [0, 0.05) is 29.8 Å². The number of anilines is 1. The predicted molar refractivity (Wildman–Crippen MR) is 159 cm³/mol. The van der Waals surface area contributed by atoms with Crippen LogP contribution in [0.25, 0.3) is 11.1 Å². The van der Waals surface area contributed by atoms with E-state index in [1.165, 1.54) is 18.2 Å². The van der Waals surface area contributed by atoms with E-state index in [2.05, 4.69) is 10.6 Å². The molecule has 0 aromatic heterocycles. The summed E-state index contributed by atoms with van der Waals surface area (Å²) in [5.74, 6) is -1.04. The lowest BCUT2D eigenvalue weighted by atomic mass is 9.99. The van der Waals surface area contributed by atoms with E-state index in [1.54, 1.807) is 60.4 Å². The molecule has 1 heterocycles. The number of primary sulfonamides is 1. The molecule has 5 N–H and O–H groups in total. The lowest BCUT2D eigenvalue weighted by Gasteiger charge is -2.29. The number of nitrogens with zero attached hydrogens (tertiary/aromatic N) is 1. The number of benzene rings is 3. The summed E-state index contributed by atoms with van der Waals surface area (Å²) in [6.07, 6.45) is 0.225. The fraction of sp³-hybridized carbons (Fsp3) is 0.355. The third-order valence-corrected chi connectivity index (χ3v) is 8.18. The van der Waals surface area contributed by atoms with Gasteiger partial charge in [-0.2, -0.15) is 0 Å². The van der Waals surface area contributed by atoms with Crippen LogP contribution in [-0.4, -0.2) is 49.6 Å². The highest BCUT2D eigenvalue weighted by atomic mass is 32.2. The maximum Gasteiger partial charge on any atom is 0.249 e. The first-order chi connectivity index (χ1) is 19.7. The van der Waals surface area contributed by atoms with Crippen LogP contribution < -0.4 is 20.7 Å². The molecule has 0 saturated carbocycles. The number of halogens is 1. The van der Waals surface area contributed by atoms with E-state index < -0.39 is 33.5 Å². The fourth-order valence-electron chi connectivity index (χ4n) is 5.10. The first kappa shape index (κ1) is 31.3. The van der Waals surface area contributed by atoms with Gasteiger partial charge >= 0.3 is 0 Å². The van der Waals surface area contributed by atoms with Crippen LogP contribution in [0.2, 0.25) is 0 Å². The Morgan fingerprint density at radius 1 is 1.14 bits per heavy atom. The molecular formula is C31H37FN4O5S. The minimum atomic E-state index is -3.93. The van der Waals surface area contributed by atoms with Crippen molar-refractivity contribution in [3.05, 3.63) is 83.7 Å². The van der Waals surface area contributed by atoms with Gasteiger partial charge in [0.25, 0.3) is 0 Å². The maximum atomic E-state index is 14.2. The number of sulfonamides is 1. The molecule has 0 bridgehead atoms. The molecule has 9 nitrogen and oxygen atoms in total. The van der Waals surface area contributed by atoms with Gasteiger partial charge in [0.2, 0.25) is 21.8 Å². The lowest BCUT2D eigenvalue weighted by molar-refractivity contribution is -0.128. The molecule has 1 aliphatic rings. The highest BCUT2D eigenvalue weighted by Crippen LogP contribution is 2.31. The number of aryl methyl sites for hydroxylation is 1. The second-order valence-corrected chi connectivity index (χ2v) is 12.9. The topological polar surface area (TPSA) is 142 Å². The highest BCUT2D eigenvalue weighted by Gasteiger charge is 2.33. The zero-order valence-electron chi connectivity index (χ0n) is 23.9. The van der Waals surface area contributed by atoms with Gasteiger partial charge in [-0.1, -0.05) is 42.5 Å². The summed E-state index contributed by atoms with van der Waals surface area (Å²) in [4.78, 5) is 28.4. The number of amides is 2. The van der Waals surface area contributed by atoms with Crippen LogP contribution in [0, 0.1) is 5.82 Å². The number of rotatable bonds is 10. The molecule has 0 aliphatic carbocycles. The van der Waals surface area contributed by atoms with Crippen LogP contribution in [0.1, 0.15) is 44.7 Å². The molecule has 0 fully saturated rings. The third-order valence-electron chi connectivity index (χ3n) is 7.21. The zero-order chi connectivity index (χ0) is 30.7. The molecule has 1 aliphatic heterocycles. The van der Waals surface area contributed by atoms with Gasteiger partial charge in [-0.15, -0.1) is 0 Å². The molecule has 0 spiro atoms. The van der Waals surface area contributed by atoms with Gasteiger partial charge < -0.3 is 20.6 Å². The van der Waals surface area contributed by atoms with Crippen molar-refractivity contribution in [3.63, 3.8) is 0 Å². The Bertz CT molecular complexity index is 1560. The molecular weight excluding hydrogens is 559 g/mol. The standard InChI is InChI=1S/C31H37FN4O5S/c1-20(37)18-34-31(2,3)17-29(38)35-26-14-12-23-16-24(32)13-15-27(23)36(30(26)39)19-21-8-10-22(11-9-21)25-6-4-5-7-28(25)42(33,40)41/h4-11,13,15-16,20,26,34,37H,12,14,17-19H2,1-3H3,(H,35,38)(H2,33,40,41)/t20-,26-/m1/s1. The Hall–Kier alpha value is -3.64. The fourth-order valence-corrected chi connectivity index (χ4v) is 5.86. The Morgan fingerprint density at radius 2 is 1.83 bits per heavy atom. The second-order valence-electron chi connectivity index (χ2n) is 11.4. The van der Waals surface area contributed by atoms with Gasteiger partial charge in [0.15, 0.2) is 0 Å². The van der Waals surface area contributed by atoms with Crippen molar-refractivity contribution in [2.24, 2.45) is 5.14 Å². The van der Waals surface area contributed by atoms with Crippen molar-refractivity contribution in [2.75, 3.05) is 11.4 Å². The number of hydrogen-bond donors (Lipinski definition) is 4. The van der Waals surface area contributed by atoms with Crippen LogP contribution in [0.15, 0.2) is 71.6 Å². The number of β-amino-alcohol motifs (C(OH)–C–C–N with tert-alkyl or cyclic N) is 1. The molecule has 224 valence electrons. The second kappa shape index (κ2) is 12.7. The third kappa shape index (κ3) is 7.80. The highest BCUT2D eigenvalue weighted by molar-refractivity contribution is 7.89. The van der Waals surface area contributed by atoms with Crippen molar-refractivity contribution < 1.29 is 27.5 Å². The molecule has 0 unspecified atom stereocenters. The molecule has 2 amide bonds.